The maximum absolute atomic E-state index is 9.45. The van der Waals surface area contributed by atoms with E-state index in [-0.39, 0.29) is 12.4 Å². The zero-order valence-electron chi connectivity index (χ0n) is 8.50. The number of para-hydroxylation sites is 2. The zero-order chi connectivity index (χ0) is 11.4. The van der Waals surface area contributed by atoms with Crippen molar-refractivity contribution in [3.05, 3.63) is 42.4 Å². The Bertz CT molecular complexity index is 471. The predicted octanol–water partition coefficient (Wildman–Crippen LogP) is 1.34. The lowest BCUT2D eigenvalue weighted by Crippen LogP contribution is -2.00. The molecule has 16 heavy (non-hydrogen) atoms. The summed E-state index contributed by atoms with van der Waals surface area (Å²) in [7, 11) is 0. The van der Waals surface area contributed by atoms with Gasteiger partial charge in [0.1, 0.15) is 12.4 Å². The van der Waals surface area contributed by atoms with Gasteiger partial charge in [0, 0.05) is 0 Å². The largest absolute Gasteiger partial charge is 0.504 e. The lowest BCUT2D eigenvalue weighted by molar-refractivity contribution is 0.284. The molecule has 0 atom stereocenters. The SMILES string of the molecule is Nc1cnc(COc2ccccc2O)cn1. The molecule has 0 saturated heterocycles. The molecule has 82 valence electrons. The van der Waals surface area contributed by atoms with Gasteiger partial charge in [-0.1, -0.05) is 12.1 Å². The summed E-state index contributed by atoms with van der Waals surface area (Å²) in [6, 6.07) is 6.75. The van der Waals surface area contributed by atoms with Crippen molar-refractivity contribution in [2.24, 2.45) is 0 Å². The molecule has 2 aromatic rings. The van der Waals surface area contributed by atoms with Crippen molar-refractivity contribution in [1.82, 2.24) is 9.97 Å². The molecular formula is C11H11N3O2. The highest BCUT2D eigenvalue weighted by Gasteiger charge is 2.01. The molecule has 0 spiro atoms. The van der Waals surface area contributed by atoms with E-state index in [1.165, 1.54) is 12.4 Å². The minimum absolute atomic E-state index is 0.103. The summed E-state index contributed by atoms with van der Waals surface area (Å²) in [6.45, 7) is 0.241. The number of ether oxygens (including phenoxy) is 1. The van der Waals surface area contributed by atoms with Gasteiger partial charge >= 0.3 is 0 Å². The number of anilines is 1. The van der Waals surface area contributed by atoms with Crippen LogP contribution in [0.4, 0.5) is 5.82 Å². The summed E-state index contributed by atoms with van der Waals surface area (Å²) in [6.07, 6.45) is 3.00. The minimum Gasteiger partial charge on any atom is -0.504 e. The number of benzene rings is 1. The predicted molar refractivity (Wildman–Crippen MR) is 58.9 cm³/mol. The number of phenols is 1. The number of rotatable bonds is 3. The first-order valence-corrected chi connectivity index (χ1v) is 4.73. The van der Waals surface area contributed by atoms with Gasteiger partial charge < -0.3 is 15.6 Å². The molecule has 0 aliphatic rings. The molecule has 0 radical (unpaired) electrons. The summed E-state index contributed by atoms with van der Waals surface area (Å²) < 4.78 is 5.37. The van der Waals surface area contributed by atoms with E-state index in [9.17, 15) is 5.11 Å². The van der Waals surface area contributed by atoms with E-state index in [1.807, 2.05) is 0 Å². The van der Waals surface area contributed by atoms with Gasteiger partial charge in [0.15, 0.2) is 11.5 Å². The van der Waals surface area contributed by atoms with Gasteiger partial charge in [-0.25, -0.2) is 4.98 Å². The van der Waals surface area contributed by atoms with Gasteiger partial charge in [-0.2, -0.15) is 0 Å². The topological polar surface area (TPSA) is 81.3 Å². The van der Waals surface area contributed by atoms with Crippen LogP contribution in [0.1, 0.15) is 5.69 Å². The Morgan fingerprint density at radius 2 is 2.00 bits per heavy atom. The van der Waals surface area contributed by atoms with Crippen LogP contribution in [0.3, 0.4) is 0 Å². The van der Waals surface area contributed by atoms with Crippen LogP contribution >= 0.6 is 0 Å². The highest BCUT2D eigenvalue weighted by atomic mass is 16.5. The molecule has 0 aliphatic carbocycles. The number of aromatic nitrogens is 2. The Morgan fingerprint density at radius 3 is 2.69 bits per heavy atom. The van der Waals surface area contributed by atoms with Gasteiger partial charge in [-0.15, -0.1) is 0 Å². The average Bonchev–Trinajstić information content (AvgIpc) is 2.30. The molecule has 0 bridgehead atoms. The van der Waals surface area contributed by atoms with Crippen molar-refractivity contribution in [3.63, 3.8) is 0 Å². The molecule has 0 fully saturated rings. The van der Waals surface area contributed by atoms with Gasteiger partial charge in [-0.3, -0.25) is 4.98 Å². The fraction of sp³-hybridized carbons (Fsp3) is 0.0909. The standard InChI is InChI=1S/C11H11N3O2/c12-11-6-13-8(5-14-11)7-16-10-4-2-1-3-9(10)15/h1-6,15H,7H2,(H2,12,14). The maximum atomic E-state index is 9.45. The number of nitrogens with zero attached hydrogens (tertiary/aromatic N) is 2. The molecule has 1 aromatic heterocycles. The first-order valence-electron chi connectivity index (χ1n) is 4.73. The summed E-state index contributed by atoms with van der Waals surface area (Å²) in [5.74, 6) is 0.887. The maximum Gasteiger partial charge on any atom is 0.161 e. The molecular weight excluding hydrogens is 206 g/mol. The molecule has 0 saturated carbocycles. The molecule has 2 rings (SSSR count). The summed E-state index contributed by atoms with van der Waals surface area (Å²) in [5.41, 5.74) is 6.05. The highest BCUT2D eigenvalue weighted by molar-refractivity contribution is 5.38. The number of nitrogens with two attached hydrogens (primary N) is 1. The van der Waals surface area contributed by atoms with E-state index in [0.29, 0.717) is 17.3 Å². The normalized spacial score (nSPS) is 10.0. The number of hydrogen-bond donors (Lipinski definition) is 2. The molecule has 1 aromatic carbocycles. The number of nitrogen functional groups attached to an aromatic ring is 1. The van der Waals surface area contributed by atoms with Crippen molar-refractivity contribution < 1.29 is 9.84 Å². The summed E-state index contributed by atoms with van der Waals surface area (Å²) in [5, 5.41) is 9.45. The quantitative estimate of drug-likeness (QED) is 0.810. The molecule has 5 heteroatoms. The fourth-order valence-electron chi connectivity index (χ4n) is 1.17. The third kappa shape index (κ3) is 2.38. The first-order chi connectivity index (χ1) is 7.75. The van der Waals surface area contributed by atoms with Gasteiger partial charge in [0.25, 0.3) is 0 Å². The smallest absolute Gasteiger partial charge is 0.161 e. The number of hydrogen-bond acceptors (Lipinski definition) is 5. The zero-order valence-corrected chi connectivity index (χ0v) is 8.50. The lowest BCUT2D eigenvalue weighted by Gasteiger charge is -2.06. The Kier molecular flexibility index (Phi) is 2.86. The Hall–Kier alpha value is -2.30. The third-order valence-electron chi connectivity index (χ3n) is 1.97. The van der Waals surface area contributed by atoms with Crippen molar-refractivity contribution in [1.29, 1.82) is 0 Å². The van der Waals surface area contributed by atoms with E-state index in [0.717, 1.165) is 0 Å². The van der Waals surface area contributed by atoms with Crippen LogP contribution in [0.25, 0.3) is 0 Å². The van der Waals surface area contributed by atoms with Crippen LogP contribution in [-0.2, 0) is 6.61 Å². The number of aromatic hydroxyl groups is 1. The number of phenolic OH excluding ortho intramolecular Hbond substituents is 1. The van der Waals surface area contributed by atoms with Crippen molar-refractivity contribution in [2.45, 2.75) is 6.61 Å². The monoisotopic (exact) mass is 217 g/mol. The Labute approximate surface area is 92.5 Å². The second kappa shape index (κ2) is 4.48. The Balaban J connectivity index is 2.02. The van der Waals surface area contributed by atoms with E-state index in [4.69, 9.17) is 10.5 Å². The lowest BCUT2D eigenvalue weighted by atomic mass is 10.3. The van der Waals surface area contributed by atoms with Gasteiger partial charge in [0.2, 0.25) is 0 Å². The molecule has 1 heterocycles. The van der Waals surface area contributed by atoms with E-state index >= 15 is 0 Å². The van der Waals surface area contributed by atoms with Gasteiger partial charge in [0.05, 0.1) is 18.1 Å². The van der Waals surface area contributed by atoms with Crippen LogP contribution in [0.5, 0.6) is 11.5 Å². The second-order valence-electron chi connectivity index (χ2n) is 3.19. The Morgan fingerprint density at radius 1 is 1.19 bits per heavy atom. The molecule has 5 nitrogen and oxygen atoms in total. The van der Waals surface area contributed by atoms with Crippen molar-refractivity contribution >= 4 is 5.82 Å². The van der Waals surface area contributed by atoms with E-state index in [2.05, 4.69) is 9.97 Å². The molecule has 0 amide bonds. The molecule has 0 unspecified atom stereocenters. The van der Waals surface area contributed by atoms with Gasteiger partial charge in [-0.05, 0) is 12.1 Å². The van der Waals surface area contributed by atoms with E-state index < -0.39 is 0 Å². The van der Waals surface area contributed by atoms with Crippen molar-refractivity contribution in [2.75, 3.05) is 5.73 Å². The van der Waals surface area contributed by atoms with E-state index in [1.54, 1.807) is 24.3 Å². The van der Waals surface area contributed by atoms with Crippen LogP contribution in [0, 0.1) is 0 Å². The average molecular weight is 217 g/mol. The third-order valence-corrected chi connectivity index (χ3v) is 1.97. The highest BCUT2D eigenvalue weighted by Crippen LogP contribution is 2.24. The molecule has 0 aliphatic heterocycles. The summed E-state index contributed by atoms with van der Waals surface area (Å²) in [4.78, 5) is 7.92. The van der Waals surface area contributed by atoms with Crippen LogP contribution < -0.4 is 10.5 Å². The minimum atomic E-state index is 0.103. The fourth-order valence-corrected chi connectivity index (χ4v) is 1.17. The van der Waals surface area contributed by atoms with Crippen LogP contribution in [0.2, 0.25) is 0 Å². The van der Waals surface area contributed by atoms with Crippen molar-refractivity contribution in [3.8, 4) is 11.5 Å². The first kappa shape index (κ1) is 10.2. The summed E-state index contributed by atoms with van der Waals surface area (Å²) >= 11 is 0. The molecule has 3 N–H and O–H groups in total. The second-order valence-corrected chi connectivity index (χ2v) is 3.19. The van der Waals surface area contributed by atoms with Crippen LogP contribution in [0.15, 0.2) is 36.7 Å². The van der Waals surface area contributed by atoms with Crippen LogP contribution in [-0.4, -0.2) is 15.1 Å².